The predicted molar refractivity (Wildman–Crippen MR) is 74.4 cm³/mol. The minimum Gasteiger partial charge on any atom is -0.388 e. The molecule has 0 spiro atoms. The fraction of sp³-hybridized carbons (Fsp3) is 0.357. The Morgan fingerprint density at radius 3 is 2.89 bits per heavy atom. The minimum atomic E-state index is -0.765. The molecule has 0 saturated heterocycles. The van der Waals surface area contributed by atoms with Crippen LogP contribution in [0.3, 0.4) is 0 Å². The second kappa shape index (κ2) is 6.75. The topological polar surface area (TPSA) is 36.4 Å². The third kappa shape index (κ3) is 4.09. The summed E-state index contributed by atoms with van der Waals surface area (Å²) in [5.41, 5.74) is 3.19. The van der Waals surface area contributed by atoms with E-state index in [1.54, 1.807) is 35.0 Å². The number of hydrogen-bond donors (Lipinski definition) is 1. The van der Waals surface area contributed by atoms with Gasteiger partial charge < -0.3 is 10.0 Å². The van der Waals surface area contributed by atoms with Crippen molar-refractivity contribution in [3.63, 3.8) is 0 Å². The first-order chi connectivity index (χ1) is 9.16. The molecule has 3 nitrogen and oxygen atoms in total. The molecule has 2 rings (SSSR count). The van der Waals surface area contributed by atoms with Gasteiger partial charge in [-0.3, -0.25) is 0 Å². The van der Waals surface area contributed by atoms with E-state index >= 15 is 0 Å². The molecule has 1 atom stereocenters. The van der Waals surface area contributed by atoms with Gasteiger partial charge in [-0.1, -0.05) is 18.2 Å². The number of aliphatic hydroxyl groups is 1. The lowest BCUT2D eigenvalue weighted by atomic mass is 10.1. The normalized spacial score (nSPS) is 12.8. The summed E-state index contributed by atoms with van der Waals surface area (Å²) in [6, 6.07) is 6.36. The highest BCUT2D eigenvalue weighted by molar-refractivity contribution is 7.07. The summed E-state index contributed by atoms with van der Waals surface area (Å²) in [5.74, 6) is -0.350. The number of halogens is 1. The van der Waals surface area contributed by atoms with Gasteiger partial charge in [0.1, 0.15) is 5.82 Å². The van der Waals surface area contributed by atoms with Crippen molar-refractivity contribution in [1.82, 2.24) is 9.88 Å². The molecule has 0 amide bonds. The molecule has 1 unspecified atom stereocenters. The van der Waals surface area contributed by atoms with Crippen molar-refractivity contribution in [2.45, 2.75) is 19.1 Å². The van der Waals surface area contributed by atoms with Crippen LogP contribution in [0.25, 0.3) is 0 Å². The lowest BCUT2D eigenvalue weighted by Crippen LogP contribution is -2.21. The Hall–Kier alpha value is -1.30. The largest absolute Gasteiger partial charge is 0.388 e. The molecule has 5 heteroatoms. The zero-order valence-corrected chi connectivity index (χ0v) is 11.6. The highest BCUT2D eigenvalue weighted by Gasteiger charge is 2.13. The Balaban J connectivity index is 1.83. The lowest BCUT2D eigenvalue weighted by Gasteiger charge is -2.18. The SMILES string of the molecule is CN(CCC(O)c1ccccc1F)Cc1cscn1. The molecule has 0 fully saturated rings. The summed E-state index contributed by atoms with van der Waals surface area (Å²) < 4.78 is 13.5. The smallest absolute Gasteiger partial charge is 0.128 e. The Labute approximate surface area is 116 Å². The van der Waals surface area contributed by atoms with Gasteiger partial charge in [-0.05, 0) is 19.5 Å². The van der Waals surface area contributed by atoms with Gasteiger partial charge in [0.25, 0.3) is 0 Å². The standard InChI is InChI=1S/C14H17FN2OS/c1-17(8-11-9-19-10-16-11)7-6-14(18)12-4-2-3-5-13(12)15/h2-5,9-10,14,18H,6-8H2,1H3. The maximum Gasteiger partial charge on any atom is 0.128 e. The van der Waals surface area contributed by atoms with Gasteiger partial charge in [-0.25, -0.2) is 9.37 Å². The maximum absolute atomic E-state index is 13.5. The van der Waals surface area contributed by atoms with Crippen molar-refractivity contribution in [2.75, 3.05) is 13.6 Å². The van der Waals surface area contributed by atoms with Crippen LogP contribution in [0, 0.1) is 5.82 Å². The first-order valence-corrected chi connectivity index (χ1v) is 7.09. The van der Waals surface area contributed by atoms with Crippen molar-refractivity contribution < 1.29 is 9.50 Å². The number of benzene rings is 1. The molecular formula is C14H17FN2OS. The quantitative estimate of drug-likeness (QED) is 0.884. The zero-order valence-electron chi connectivity index (χ0n) is 10.8. The first-order valence-electron chi connectivity index (χ1n) is 6.15. The fourth-order valence-electron chi connectivity index (χ4n) is 1.91. The molecule has 0 bridgehead atoms. The number of rotatable bonds is 6. The average molecular weight is 280 g/mol. The fourth-order valence-corrected chi connectivity index (χ4v) is 2.46. The van der Waals surface area contributed by atoms with Gasteiger partial charge >= 0.3 is 0 Å². The third-order valence-corrected chi connectivity index (χ3v) is 3.60. The summed E-state index contributed by atoms with van der Waals surface area (Å²) in [7, 11) is 1.97. The predicted octanol–water partition coefficient (Wildman–Crippen LogP) is 2.84. The molecular weight excluding hydrogens is 263 g/mol. The average Bonchev–Trinajstić information content (AvgIpc) is 2.89. The molecule has 0 radical (unpaired) electrons. The van der Waals surface area contributed by atoms with Crippen LogP contribution < -0.4 is 0 Å². The summed E-state index contributed by atoms with van der Waals surface area (Å²) in [6.07, 6.45) is -0.263. The van der Waals surface area contributed by atoms with Crippen LogP contribution in [-0.2, 0) is 6.54 Å². The number of hydrogen-bond acceptors (Lipinski definition) is 4. The van der Waals surface area contributed by atoms with E-state index in [-0.39, 0.29) is 5.82 Å². The second-order valence-electron chi connectivity index (χ2n) is 4.54. The number of aliphatic hydroxyl groups excluding tert-OH is 1. The van der Waals surface area contributed by atoms with E-state index in [0.717, 1.165) is 12.2 Å². The zero-order chi connectivity index (χ0) is 13.7. The van der Waals surface area contributed by atoms with Crippen LogP contribution in [0.2, 0.25) is 0 Å². The van der Waals surface area contributed by atoms with Crippen LogP contribution in [0.1, 0.15) is 23.8 Å². The van der Waals surface area contributed by atoms with E-state index in [2.05, 4.69) is 9.88 Å². The summed E-state index contributed by atoms with van der Waals surface area (Å²) in [6.45, 7) is 1.43. The van der Waals surface area contributed by atoms with Gasteiger partial charge in [-0.15, -0.1) is 11.3 Å². The monoisotopic (exact) mass is 280 g/mol. The number of aromatic nitrogens is 1. The van der Waals surface area contributed by atoms with Gasteiger partial charge in [0.15, 0.2) is 0 Å². The molecule has 0 aliphatic heterocycles. The van der Waals surface area contributed by atoms with Crippen LogP contribution in [0.15, 0.2) is 35.2 Å². The molecule has 0 saturated carbocycles. The van der Waals surface area contributed by atoms with Crippen LogP contribution in [-0.4, -0.2) is 28.6 Å². The van der Waals surface area contributed by atoms with E-state index in [1.807, 2.05) is 12.4 Å². The minimum absolute atomic E-state index is 0.350. The third-order valence-electron chi connectivity index (χ3n) is 2.96. The molecule has 19 heavy (non-hydrogen) atoms. The van der Waals surface area contributed by atoms with Crippen LogP contribution >= 0.6 is 11.3 Å². The molecule has 1 heterocycles. The maximum atomic E-state index is 13.5. The molecule has 1 aromatic carbocycles. The molecule has 1 aromatic heterocycles. The molecule has 0 aliphatic rings. The van der Waals surface area contributed by atoms with Gasteiger partial charge in [0.2, 0.25) is 0 Å². The van der Waals surface area contributed by atoms with Gasteiger partial charge in [0, 0.05) is 24.0 Å². The lowest BCUT2D eigenvalue weighted by molar-refractivity contribution is 0.143. The van der Waals surface area contributed by atoms with Crippen LogP contribution in [0.5, 0.6) is 0 Å². The van der Waals surface area contributed by atoms with Gasteiger partial charge in [-0.2, -0.15) is 0 Å². The Kier molecular flexibility index (Phi) is 5.01. The van der Waals surface area contributed by atoms with Gasteiger partial charge in [0.05, 0.1) is 17.3 Å². The van der Waals surface area contributed by atoms with E-state index in [4.69, 9.17) is 0 Å². The molecule has 0 aliphatic carbocycles. The summed E-state index contributed by atoms with van der Waals surface area (Å²) in [4.78, 5) is 6.28. The van der Waals surface area contributed by atoms with Crippen molar-refractivity contribution in [3.05, 3.63) is 52.2 Å². The summed E-state index contributed by atoms with van der Waals surface area (Å²) in [5, 5.41) is 12.0. The van der Waals surface area contributed by atoms with Crippen molar-refractivity contribution in [3.8, 4) is 0 Å². The highest BCUT2D eigenvalue weighted by Crippen LogP contribution is 2.20. The van der Waals surface area contributed by atoms with Crippen molar-refractivity contribution in [1.29, 1.82) is 0 Å². The molecule has 102 valence electrons. The Morgan fingerprint density at radius 2 is 2.21 bits per heavy atom. The van der Waals surface area contributed by atoms with Crippen molar-refractivity contribution in [2.24, 2.45) is 0 Å². The van der Waals surface area contributed by atoms with E-state index in [0.29, 0.717) is 18.5 Å². The van der Waals surface area contributed by atoms with E-state index < -0.39 is 6.10 Å². The van der Waals surface area contributed by atoms with E-state index in [1.165, 1.54) is 6.07 Å². The van der Waals surface area contributed by atoms with Crippen LogP contribution in [0.4, 0.5) is 4.39 Å². The summed E-state index contributed by atoms with van der Waals surface area (Å²) >= 11 is 1.57. The number of nitrogens with zero attached hydrogens (tertiary/aromatic N) is 2. The highest BCUT2D eigenvalue weighted by atomic mass is 32.1. The first kappa shape index (κ1) is 14.1. The van der Waals surface area contributed by atoms with E-state index in [9.17, 15) is 9.50 Å². The Bertz CT molecular complexity index is 504. The molecule has 2 aromatic rings. The number of thiazole rings is 1. The van der Waals surface area contributed by atoms with Crippen molar-refractivity contribution >= 4 is 11.3 Å². The Morgan fingerprint density at radius 1 is 1.42 bits per heavy atom. The second-order valence-corrected chi connectivity index (χ2v) is 5.26. The molecule has 1 N–H and O–H groups in total.